The van der Waals surface area contributed by atoms with Crippen molar-refractivity contribution in [1.29, 1.82) is 0 Å². The predicted molar refractivity (Wildman–Crippen MR) is 68.7 cm³/mol. The van der Waals surface area contributed by atoms with Crippen molar-refractivity contribution in [3.63, 3.8) is 0 Å². The number of rotatable bonds is 5. The maximum absolute atomic E-state index is 2.77. The molecule has 1 radical (unpaired) electrons. The van der Waals surface area contributed by atoms with Crippen LogP contribution in [0, 0.1) is 0 Å². The summed E-state index contributed by atoms with van der Waals surface area (Å²) in [7, 11) is 2.77. The zero-order valence-electron chi connectivity index (χ0n) is 10.4. The molecule has 2 bridgehead atoms. The fourth-order valence-electron chi connectivity index (χ4n) is 3.77. The van der Waals surface area contributed by atoms with Crippen molar-refractivity contribution in [2.24, 2.45) is 0 Å². The second kappa shape index (κ2) is 5.41. The summed E-state index contributed by atoms with van der Waals surface area (Å²) in [6, 6.07) is 0. The van der Waals surface area contributed by atoms with Gasteiger partial charge < -0.3 is 0 Å². The van der Waals surface area contributed by atoms with Gasteiger partial charge in [-0.25, -0.2) is 0 Å². The lowest BCUT2D eigenvalue weighted by Gasteiger charge is -2.45. The average Bonchev–Trinajstić information content (AvgIpc) is 2.25. The van der Waals surface area contributed by atoms with Crippen LogP contribution in [0.2, 0.25) is 11.1 Å². The molecule has 0 aromatic rings. The van der Waals surface area contributed by atoms with Gasteiger partial charge in [-0.2, -0.15) is 0 Å². The van der Waals surface area contributed by atoms with Crippen molar-refractivity contribution >= 4 is 7.28 Å². The highest BCUT2D eigenvalue weighted by molar-refractivity contribution is 6.42. The molecule has 15 heavy (non-hydrogen) atoms. The SMILES string of the molecule is CCCCCCC12[B]C(CCC1)CCC2. The molecule has 2 heterocycles. The molecule has 1 heteroatoms. The summed E-state index contributed by atoms with van der Waals surface area (Å²) < 4.78 is 0. The standard InChI is InChI=1S/C14H26B/c1-2-3-4-5-10-14-11-6-8-13(15-14)9-7-12-14/h13H,2-12H2,1H3. The molecule has 0 N–H and O–H groups in total. The van der Waals surface area contributed by atoms with Crippen LogP contribution in [0.15, 0.2) is 0 Å². The van der Waals surface area contributed by atoms with Gasteiger partial charge in [-0.1, -0.05) is 88.7 Å². The van der Waals surface area contributed by atoms with E-state index in [1.807, 2.05) is 0 Å². The van der Waals surface area contributed by atoms with Gasteiger partial charge in [-0.05, 0) is 0 Å². The van der Waals surface area contributed by atoms with Crippen molar-refractivity contribution in [2.75, 3.05) is 0 Å². The van der Waals surface area contributed by atoms with Gasteiger partial charge in [-0.15, -0.1) is 0 Å². The quantitative estimate of drug-likeness (QED) is 0.438. The van der Waals surface area contributed by atoms with E-state index in [1.165, 1.54) is 70.6 Å². The second-order valence-electron chi connectivity index (χ2n) is 5.88. The van der Waals surface area contributed by atoms with Crippen LogP contribution >= 0.6 is 0 Å². The Hall–Kier alpha value is 0.0649. The van der Waals surface area contributed by atoms with E-state index in [0.29, 0.717) is 5.31 Å². The molecule has 0 amide bonds. The average molecular weight is 205 g/mol. The summed E-state index contributed by atoms with van der Waals surface area (Å²) in [6.45, 7) is 2.31. The Labute approximate surface area is 96.5 Å². The minimum absolute atomic E-state index is 0.703. The first kappa shape index (κ1) is 11.5. The van der Waals surface area contributed by atoms with Gasteiger partial charge in [0.2, 0.25) is 0 Å². The van der Waals surface area contributed by atoms with E-state index in [4.69, 9.17) is 0 Å². The van der Waals surface area contributed by atoms with Crippen molar-refractivity contribution in [3.05, 3.63) is 0 Å². The van der Waals surface area contributed by atoms with Crippen LogP contribution in [0.5, 0.6) is 0 Å². The molecule has 0 spiro atoms. The van der Waals surface area contributed by atoms with Gasteiger partial charge in [-0.3, -0.25) is 0 Å². The number of unbranched alkanes of at least 4 members (excludes halogenated alkanes) is 3. The van der Waals surface area contributed by atoms with E-state index in [1.54, 1.807) is 0 Å². The molecule has 85 valence electrons. The summed E-state index contributed by atoms with van der Waals surface area (Å²) >= 11 is 0. The third-order valence-corrected chi connectivity index (χ3v) is 4.62. The smallest absolute Gasteiger partial charge is 0.0682 e. The Bertz CT molecular complexity index is 178. The van der Waals surface area contributed by atoms with Gasteiger partial charge in [0, 0.05) is 0 Å². The van der Waals surface area contributed by atoms with E-state index in [-0.39, 0.29) is 0 Å². The fraction of sp³-hybridized carbons (Fsp3) is 1.00. The largest absolute Gasteiger partial charge is 0.122 e. The molecule has 0 aromatic carbocycles. The van der Waals surface area contributed by atoms with Crippen LogP contribution in [0.4, 0.5) is 0 Å². The predicted octanol–water partition coefficient (Wildman–Crippen LogP) is 4.98. The lowest BCUT2D eigenvalue weighted by molar-refractivity contribution is 0.323. The summed E-state index contributed by atoms with van der Waals surface area (Å²) in [4.78, 5) is 0. The number of hydrogen-bond acceptors (Lipinski definition) is 0. The van der Waals surface area contributed by atoms with Gasteiger partial charge >= 0.3 is 0 Å². The number of fused-ring (bicyclic) bond motifs is 2. The number of hydrogen-bond donors (Lipinski definition) is 0. The summed E-state index contributed by atoms with van der Waals surface area (Å²) in [6.07, 6.45) is 16.3. The first-order valence-electron chi connectivity index (χ1n) is 7.21. The Morgan fingerprint density at radius 2 is 1.80 bits per heavy atom. The molecule has 2 rings (SSSR count). The third-order valence-electron chi connectivity index (χ3n) is 4.62. The van der Waals surface area contributed by atoms with Crippen LogP contribution in [0.1, 0.15) is 77.6 Å². The van der Waals surface area contributed by atoms with E-state index in [0.717, 1.165) is 5.82 Å². The van der Waals surface area contributed by atoms with E-state index in [9.17, 15) is 0 Å². The third kappa shape index (κ3) is 3.01. The Kier molecular flexibility index (Phi) is 4.17. The van der Waals surface area contributed by atoms with Crippen LogP contribution in [0.3, 0.4) is 0 Å². The highest BCUT2D eigenvalue weighted by Gasteiger charge is 2.39. The monoisotopic (exact) mass is 205 g/mol. The van der Waals surface area contributed by atoms with Crippen molar-refractivity contribution in [1.82, 2.24) is 0 Å². The van der Waals surface area contributed by atoms with Gasteiger partial charge in [0.15, 0.2) is 0 Å². The first-order valence-corrected chi connectivity index (χ1v) is 7.21. The topological polar surface area (TPSA) is 0 Å². The molecular weight excluding hydrogens is 179 g/mol. The van der Waals surface area contributed by atoms with Crippen LogP contribution in [-0.2, 0) is 0 Å². The molecule has 2 aliphatic rings. The molecule has 0 atom stereocenters. The Balaban J connectivity index is 1.77. The maximum atomic E-state index is 2.77. The van der Waals surface area contributed by atoms with Crippen LogP contribution in [0.25, 0.3) is 0 Å². The minimum atomic E-state index is 0.703. The molecule has 0 unspecified atom stereocenters. The van der Waals surface area contributed by atoms with E-state index < -0.39 is 0 Å². The molecule has 0 saturated carbocycles. The highest BCUT2D eigenvalue weighted by atomic mass is 14.3. The summed E-state index contributed by atoms with van der Waals surface area (Å²) in [5, 5.41) is 0.703. The van der Waals surface area contributed by atoms with Crippen molar-refractivity contribution in [3.8, 4) is 0 Å². The summed E-state index contributed by atoms with van der Waals surface area (Å²) in [5.41, 5.74) is 0. The molecule has 0 nitrogen and oxygen atoms in total. The Morgan fingerprint density at radius 3 is 2.47 bits per heavy atom. The second-order valence-corrected chi connectivity index (χ2v) is 5.88. The van der Waals surface area contributed by atoms with E-state index in [2.05, 4.69) is 14.2 Å². The van der Waals surface area contributed by atoms with Crippen LogP contribution < -0.4 is 0 Å². The minimum Gasteiger partial charge on any atom is -0.0682 e. The molecule has 2 aliphatic heterocycles. The van der Waals surface area contributed by atoms with Crippen LogP contribution in [-0.4, -0.2) is 7.28 Å². The van der Waals surface area contributed by atoms with Gasteiger partial charge in [0.25, 0.3) is 0 Å². The Morgan fingerprint density at radius 1 is 1.07 bits per heavy atom. The van der Waals surface area contributed by atoms with Gasteiger partial charge in [0.1, 0.15) is 7.28 Å². The molecular formula is C14H26B. The first-order chi connectivity index (χ1) is 7.35. The lowest BCUT2D eigenvalue weighted by atomic mass is 9.35. The van der Waals surface area contributed by atoms with Crippen molar-refractivity contribution < 1.29 is 0 Å². The molecule has 2 fully saturated rings. The zero-order chi connectivity index (χ0) is 10.6. The zero-order valence-corrected chi connectivity index (χ0v) is 10.4. The molecule has 0 aromatic heterocycles. The maximum Gasteiger partial charge on any atom is 0.122 e. The normalized spacial score (nSPS) is 34.9. The lowest BCUT2D eigenvalue weighted by Crippen LogP contribution is -2.32. The van der Waals surface area contributed by atoms with Crippen molar-refractivity contribution in [2.45, 2.75) is 88.7 Å². The van der Waals surface area contributed by atoms with Gasteiger partial charge in [0.05, 0.1) is 0 Å². The fourth-order valence-corrected chi connectivity index (χ4v) is 3.77. The van der Waals surface area contributed by atoms with E-state index >= 15 is 0 Å². The molecule has 0 aliphatic carbocycles. The summed E-state index contributed by atoms with van der Waals surface area (Å²) in [5.74, 6) is 0.999. The molecule has 2 saturated heterocycles. The highest BCUT2D eigenvalue weighted by Crippen LogP contribution is 2.54.